The van der Waals surface area contributed by atoms with Crippen LogP contribution in [0, 0.1) is 0 Å². The van der Waals surface area contributed by atoms with Crippen molar-refractivity contribution in [2.24, 2.45) is 0 Å². The lowest BCUT2D eigenvalue weighted by Crippen LogP contribution is -2.57. The van der Waals surface area contributed by atoms with Crippen molar-refractivity contribution in [1.29, 1.82) is 0 Å². The molecule has 0 bridgehead atoms. The van der Waals surface area contributed by atoms with Crippen LogP contribution in [0.25, 0.3) is 0 Å². The molecule has 116 valence electrons. The topological polar surface area (TPSA) is 67.2 Å². The van der Waals surface area contributed by atoms with Gasteiger partial charge in [-0.2, -0.15) is 5.10 Å². The van der Waals surface area contributed by atoms with Crippen LogP contribution in [-0.2, 0) is 29.1 Å². The van der Waals surface area contributed by atoms with Crippen LogP contribution in [0.1, 0.15) is 38.6 Å². The van der Waals surface area contributed by atoms with Crippen LogP contribution in [0.4, 0.5) is 0 Å². The van der Waals surface area contributed by atoms with Gasteiger partial charge in [0.05, 0.1) is 23.0 Å². The van der Waals surface area contributed by atoms with Gasteiger partial charge in [-0.3, -0.25) is 14.3 Å². The minimum atomic E-state index is -0.436. The van der Waals surface area contributed by atoms with Crippen LogP contribution in [0.3, 0.4) is 0 Å². The van der Waals surface area contributed by atoms with E-state index in [4.69, 9.17) is 11.6 Å². The summed E-state index contributed by atoms with van der Waals surface area (Å²) in [7, 11) is 0. The van der Waals surface area contributed by atoms with E-state index in [0.29, 0.717) is 24.5 Å². The van der Waals surface area contributed by atoms with Crippen LogP contribution in [0.2, 0.25) is 5.02 Å². The molecule has 2 rings (SSSR count). The number of carbonyl (C=O) groups excluding carboxylic acids is 2. The molecular formula is C14H21ClN4O2. The molecule has 1 aromatic heterocycles. The second-order valence-electron chi connectivity index (χ2n) is 5.10. The molecule has 0 aliphatic carbocycles. The van der Waals surface area contributed by atoms with Gasteiger partial charge in [0.25, 0.3) is 0 Å². The van der Waals surface area contributed by atoms with E-state index in [-0.39, 0.29) is 18.4 Å². The molecule has 0 radical (unpaired) electrons. The Morgan fingerprint density at radius 1 is 1.33 bits per heavy atom. The third-order valence-electron chi connectivity index (χ3n) is 3.72. The number of nitrogens with one attached hydrogen (secondary N) is 1. The highest BCUT2D eigenvalue weighted by atomic mass is 35.5. The number of halogens is 1. The summed E-state index contributed by atoms with van der Waals surface area (Å²) in [6.07, 6.45) is 1.33. The number of carbonyl (C=O) groups is 2. The SMILES string of the molecule is CCc1nn(CC)c(CN2CC(=O)NC(CC)C2=O)c1Cl. The summed E-state index contributed by atoms with van der Waals surface area (Å²) in [6, 6.07) is -0.436. The van der Waals surface area contributed by atoms with Crippen molar-refractivity contribution in [2.45, 2.75) is 52.7 Å². The number of hydrogen-bond acceptors (Lipinski definition) is 3. The predicted molar refractivity (Wildman–Crippen MR) is 79.9 cm³/mol. The fourth-order valence-electron chi connectivity index (χ4n) is 2.53. The zero-order valence-corrected chi connectivity index (χ0v) is 13.4. The Balaban J connectivity index is 2.26. The number of rotatable bonds is 5. The molecule has 0 spiro atoms. The number of hydrogen-bond donors (Lipinski definition) is 1. The normalized spacial score (nSPS) is 19.0. The van der Waals surface area contributed by atoms with E-state index in [1.165, 1.54) is 0 Å². The first-order valence-electron chi connectivity index (χ1n) is 7.33. The van der Waals surface area contributed by atoms with Gasteiger partial charge in [-0.25, -0.2) is 0 Å². The maximum Gasteiger partial charge on any atom is 0.245 e. The van der Waals surface area contributed by atoms with Gasteiger partial charge in [-0.15, -0.1) is 0 Å². The second-order valence-corrected chi connectivity index (χ2v) is 5.48. The second kappa shape index (κ2) is 6.47. The molecular weight excluding hydrogens is 292 g/mol. The van der Waals surface area contributed by atoms with Crippen LogP contribution in [0.15, 0.2) is 0 Å². The van der Waals surface area contributed by atoms with E-state index in [0.717, 1.165) is 17.8 Å². The number of aryl methyl sites for hydroxylation is 2. The predicted octanol–water partition coefficient (Wildman–Crippen LogP) is 1.36. The molecule has 0 saturated carbocycles. The minimum Gasteiger partial charge on any atom is -0.343 e. The standard InChI is InChI=1S/C14H21ClN4O2/c1-4-9-13(15)11(19(6-3)17-9)7-18-8-12(20)16-10(5-2)14(18)21/h10H,4-8H2,1-3H3,(H,16,20). The summed E-state index contributed by atoms with van der Waals surface area (Å²) >= 11 is 6.36. The lowest BCUT2D eigenvalue weighted by atomic mass is 10.1. The number of nitrogens with zero attached hydrogens (tertiary/aromatic N) is 3. The zero-order valence-electron chi connectivity index (χ0n) is 12.6. The number of piperazine rings is 1. The fraction of sp³-hybridized carbons (Fsp3) is 0.643. The monoisotopic (exact) mass is 312 g/mol. The molecule has 1 N–H and O–H groups in total. The summed E-state index contributed by atoms with van der Waals surface area (Å²) in [5.74, 6) is -0.189. The molecule has 1 fully saturated rings. The molecule has 21 heavy (non-hydrogen) atoms. The minimum absolute atomic E-state index is 0.0601. The molecule has 1 aliphatic heterocycles. The zero-order chi connectivity index (χ0) is 15.6. The third-order valence-corrected chi connectivity index (χ3v) is 4.16. The number of aromatic nitrogens is 2. The molecule has 2 amide bonds. The first kappa shape index (κ1) is 15.8. The van der Waals surface area contributed by atoms with E-state index in [9.17, 15) is 9.59 Å². The third kappa shape index (κ3) is 3.05. The summed E-state index contributed by atoms with van der Waals surface area (Å²) in [6.45, 7) is 6.92. The molecule has 1 atom stereocenters. The highest BCUT2D eigenvalue weighted by molar-refractivity contribution is 6.31. The van der Waals surface area contributed by atoms with Gasteiger partial charge >= 0.3 is 0 Å². The summed E-state index contributed by atoms with van der Waals surface area (Å²) in [5.41, 5.74) is 1.63. The van der Waals surface area contributed by atoms with Crippen LogP contribution >= 0.6 is 11.6 Å². The van der Waals surface area contributed by atoms with E-state index < -0.39 is 6.04 Å². The number of amides is 2. The first-order chi connectivity index (χ1) is 10.0. The van der Waals surface area contributed by atoms with E-state index in [2.05, 4.69) is 10.4 Å². The van der Waals surface area contributed by atoms with Gasteiger partial charge in [0.1, 0.15) is 12.6 Å². The highest BCUT2D eigenvalue weighted by Gasteiger charge is 2.32. The largest absolute Gasteiger partial charge is 0.343 e. The van der Waals surface area contributed by atoms with Gasteiger partial charge in [0.2, 0.25) is 11.8 Å². The maximum atomic E-state index is 12.3. The molecule has 1 unspecified atom stereocenters. The van der Waals surface area contributed by atoms with Crippen LogP contribution in [0.5, 0.6) is 0 Å². The van der Waals surface area contributed by atoms with Gasteiger partial charge in [-0.1, -0.05) is 25.4 Å². The van der Waals surface area contributed by atoms with Crippen molar-refractivity contribution in [1.82, 2.24) is 20.0 Å². The van der Waals surface area contributed by atoms with E-state index >= 15 is 0 Å². The van der Waals surface area contributed by atoms with Crippen molar-refractivity contribution in [3.05, 3.63) is 16.4 Å². The van der Waals surface area contributed by atoms with E-state index in [1.807, 2.05) is 25.5 Å². The summed E-state index contributed by atoms with van der Waals surface area (Å²) in [4.78, 5) is 25.6. The Hall–Kier alpha value is -1.56. The van der Waals surface area contributed by atoms with E-state index in [1.54, 1.807) is 4.90 Å². The maximum absolute atomic E-state index is 12.3. The smallest absolute Gasteiger partial charge is 0.245 e. The van der Waals surface area contributed by atoms with Crippen molar-refractivity contribution < 1.29 is 9.59 Å². The van der Waals surface area contributed by atoms with Gasteiger partial charge in [0.15, 0.2) is 0 Å². The van der Waals surface area contributed by atoms with Gasteiger partial charge in [-0.05, 0) is 19.8 Å². The molecule has 6 nitrogen and oxygen atoms in total. The quantitative estimate of drug-likeness (QED) is 0.892. The average Bonchev–Trinajstić information content (AvgIpc) is 2.78. The molecule has 1 aliphatic rings. The molecule has 7 heteroatoms. The fourth-order valence-corrected chi connectivity index (χ4v) is 2.86. The van der Waals surface area contributed by atoms with Crippen LogP contribution < -0.4 is 5.32 Å². The average molecular weight is 313 g/mol. The van der Waals surface area contributed by atoms with Gasteiger partial charge in [0, 0.05) is 6.54 Å². The van der Waals surface area contributed by atoms with Crippen molar-refractivity contribution in [3.63, 3.8) is 0 Å². The molecule has 1 aromatic rings. The van der Waals surface area contributed by atoms with Crippen molar-refractivity contribution in [2.75, 3.05) is 6.54 Å². The summed E-state index contributed by atoms with van der Waals surface area (Å²) in [5, 5.41) is 7.75. The highest BCUT2D eigenvalue weighted by Crippen LogP contribution is 2.24. The Morgan fingerprint density at radius 3 is 2.62 bits per heavy atom. The molecule has 1 saturated heterocycles. The Labute approximate surface area is 129 Å². The Bertz CT molecular complexity index is 555. The summed E-state index contributed by atoms with van der Waals surface area (Å²) < 4.78 is 1.81. The first-order valence-corrected chi connectivity index (χ1v) is 7.71. The van der Waals surface area contributed by atoms with Gasteiger partial charge < -0.3 is 10.2 Å². The van der Waals surface area contributed by atoms with Crippen LogP contribution in [-0.4, -0.2) is 39.1 Å². The molecule has 0 aromatic carbocycles. The Kier molecular flexibility index (Phi) is 4.88. The Morgan fingerprint density at radius 2 is 2.05 bits per heavy atom. The van der Waals surface area contributed by atoms with Crippen molar-refractivity contribution in [3.8, 4) is 0 Å². The van der Waals surface area contributed by atoms with Crippen molar-refractivity contribution >= 4 is 23.4 Å². The lowest BCUT2D eigenvalue weighted by Gasteiger charge is -2.32. The molecule has 2 heterocycles. The lowest BCUT2D eigenvalue weighted by molar-refractivity contribution is -0.145.